The molecule has 2 aromatic carbocycles. The van der Waals surface area contributed by atoms with Crippen molar-refractivity contribution >= 4 is 34.3 Å². The maximum Gasteiger partial charge on any atom is 0.341 e. The molecule has 28 heavy (non-hydrogen) atoms. The number of amides is 2. The molecule has 7 heteroatoms. The van der Waals surface area contributed by atoms with E-state index in [4.69, 9.17) is 5.73 Å². The lowest BCUT2D eigenvalue weighted by Gasteiger charge is -2.31. The van der Waals surface area contributed by atoms with Gasteiger partial charge in [-0.25, -0.2) is 9.59 Å². The van der Waals surface area contributed by atoms with Gasteiger partial charge >= 0.3 is 12.0 Å². The molecule has 0 radical (unpaired) electrons. The van der Waals surface area contributed by atoms with Crippen LogP contribution in [0.2, 0.25) is 0 Å². The van der Waals surface area contributed by atoms with Crippen LogP contribution in [-0.4, -0.2) is 21.7 Å². The topological polar surface area (TPSA) is 106 Å². The number of rotatable bonds is 3. The van der Waals surface area contributed by atoms with Crippen LogP contribution in [0.1, 0.15) is 35.3 Å². The number of aromatic nitrogens is 1. The van der Waals surface area contributed by atoms with Gasteiger partial charge in [-0.05, 0) is 44.0 Å². The molecular weight excluding hydrogens is 358 g/mol. The average molecular weight is 377 g/mol. The van der Waals surface area contributed by atoms with Gasteiger partial charge in [0, 0.05) is 23.2 Å². The lowest BCUT2D eigenvalue weighted by Crippen LogP contribution is -2.33. The highest BCUT2D eigenvalue weighted by molar-refractivity contribution is 6.03. The molecule has 142 valence electrons. The van der Waals surface area contributed by atoms with Crippen LogP contribution in [0.25, 0.3) is 10.9 Å². The number of anilines is 2. The van der Waals surface area contributed by atoms with Crippen LogP contribution < -0.4 is 16.1 Å². The standard InChI is InChI=1S/C21H19N3O4/c1-12-7-8-14-17(24(21(22)28)13-5-3-2-4-6-13)10-9-15-18(14)23(12)11-16(19(15)25)20(26)27/h2-6,9-12H,7-8H2,1H3,(H2,22,28)(H,26,27). The van der Waals surface area contributed by atoms with E-state index in [1.54, 1.807) is 24.3 Å². The van der Waals surface area contributed by atoms with Crippen molar-refractivity contribution in [1.29, 1.82) is 0 Å². The number of benzene rings is 2. The van der Waals surface area contributed by atoms with Gasteiger partial charge in [0.05, 0.1) is 16.9 Å². The summed E-state index contributed by atoms with van der Waals surface area (Å²) >= 11 is 0. The number of carbonyl (C=O) groups excluding carboxylic acids is 1. The summed E-state index contributed by atoms with van der Waals surface area (Å²) < 4.78 is 1.83. The second kappa shape index (κ2) is 6.53. The second-order valence-electron chi connectivity index (χ2n) is 6.94. The van der Waals surface area contributed by atoms with Crippen LogP contribution in [0.4, 0.5) is 16.2 Å². The Bertz CT molecular complexity index is 1170. The Kier molecular flexibility index (Phi) is 4.15. The summed E-state index contributed by atoms with van der Waals surface area (Å²) in [7, 11) is 0. The first-order valence-electron chi connectivity index (χ1n) is 8.98. The molecule has 4 rings (SSSR count). The van der Waals surface area contributed by atoms with Crippen molar-refractivity contribution in [2.24, 2.45) is 5.73 Å². The van der Waals surface area contributed by atoms with E-state index in [-0.39, 0.29) is 11.6 Å². The molecule has 1 aromatic heterocycles. The minimum absolute atomic E-state index is 0.0303. The van der Waals surface area contributed by atoms with E-state index in [0.29, 0.717) is 28.7 Å². The third-order valence-electron chi connectivity index (χ3n) is 5.27. The molecule has 1 aliphatic heterocycles. The summed E-state index contributed by atoms with van der Waals surface area (Å²) in [5.74, 6) is -1.25. The Morgan fingerprint density at radius 2 is 1.89 bits per heavy atom. The first kappa shape index (κ1) is 17.8. The number of pyridine rings is 1. The Labute approximate surface area is 160 Å². The van der Waals surface area contributed by atoms with Gasteiger partial charge in [0.25, 0.3) is 0 Å². The maximum atomic E-state index is 12.7. The zero-order valence-electron chi connectivity index (χ0n) is 15.3. The Balaban J connectivity index is 2.06. The van der Waals surface area contributed by atoms with E-state index in [0.717, 1.165) is 12.0 Å². The molecule has 1 atom stereocenters. The lowest BCUT2D eigenvalue weighted by atomic mass is 9.94. The third kappa shape index (κ3) is 2.63. The zero-order valence-corrected chi connectivity index (χ0v) is 15.3. The van der Waals surface area contributed by atoms with Gasteiger partial charge in [-0.15, -0.1) is 0 Å². The molecule has 0 saturated carbocycles. The minimum atomic E-state index is -1.25. The van der Waals surface area contributed by atoms with Gasteiger partial charge < -0.3 is 15.4 Å². The first-order chi connectivity index (χ1) is 13.4. The molecule has 0 aliphatic carbocycles. The monoisotopic (exact) mass is 377 g/mol. The summed E-state index contributed by atoms with van der Waals surface area (Å²) in [6.07, 6.45) is 2.81. The quantitative estimate of drug-likeness (QED) is 0.729. The smallest absolute Gasteiger partial charge is 0.341 e. The van der Waals surface area contributed by atoms with Gasteiger partial charge in [0.1, 0.15) is 5.56 Å². The van der Waals surface area contributed by atoms with E-state index in [1.807, 2.05) is 29.7 Å². The van der Waals surface area contributed by atoms with Crippen molar-refractivity contribution in [1.82, 2.24) is 4.57 Å². The number of carboxylic acid groups (broad SMARTS) is 1. The van der Waals surface area contributed by atoms with Gasteiger partial charge in [0.15, 0.2) is 0 Å². The fourth-order valence-corrected chi connectivity index (χ4v) is 3.92. The predicted octanol–water partition coefficient (Wildman–Crippen LogP) is 3.42. The summed E-state index contributed by atoms with van der Waals surface area (Å²) in [5, 5.41) is 9.74. The SMILES string of the molecule is CC1CCc2c(N(C(N)=O)c3ccccc3)ccc3c(=O)c(C(=O)O)cn1c23. The molecule has 0 fully saturated rings. The number of carboxylic acids is 1. The third-order valence-corrected chi connectivity index (χ3v) is 5.27. The second-order valence-corrected chi connectivity index (χ2v) is 6.94. The Morgan fingerprint density at radius 1 is 1.18 bits per heavy atom. The average Bonchev–Trinajstić information content (AvgIpc) is 2.67. The van der Waals surface area contributed by atoms with Crippen molar-refractivity contribution in [2.75, 3.05) is 4.90 Å². The molecule has 1 unspecified atom stereocenters. The lowest BCUT2D eigenvalue weighted by molar-refractivity contribution is 0.0694. The highest BCUT2D eigenvalue weighted by Gasteiger charge is 2.27. The van der Waals surface area contributed by atoms with Crippen molar-refractivity contribution < 1.29 is 14.7 Å². The van der Waals surface area contributed by atoms with Crippen molar-refractivity contribution in [2.45, 2.75) is 25.8 Å². The normalized spacial score (nSPS) is 15.4. The van der Waals surface area contributed by atoms with Crippen LogP contribution in [0, 0.1) is 0 Å². The van der Waals surface area contributed by atoms with Gasteiger partial charge in [-0.2, -0.15) is 0 Å². The summed E-state index contributed by atoms with van der Waals surface area (Å²) in [6, 6.07) is 11.7. The molecule has 3 aromatic rings. The predicted molar refractivity (Wildman–Crippen MR) is 106 cm³/mol. The number of hydrogen-bond acceptors (Lipinski definition) is 3. The minimum Gasteiger partial charge on any atom is -0.477 e. The number of aryl methyl sites for hydroxylation is 1. The van der Waals surface area contributed by atoms with Crippen molar-refractivity contribution in [3.8, 4) is 0 Å². The molecule has 1 aliphatic rings. The van der Waals surface area contributed by atoms with E-state index in [9.17, 15) is 19.5 Å². The molecule has 2 amide bonds. The van der Waals surface area contributed by atoms with Crippen LogP contribution in [0.5, 0.6) is 0 Å². The number of nitrogens with two attached hydrogens (primary N) is 1. The van der Waals surface area contributed by atoms with Crippen molar-refractivity contribution in [3.05, 3.63) is 70.0 Å². The molecule has 2 heterocycles. The van der Waals surface area contributed by atoms with Crippen molar-refractivity contribution in [3.63, 3.8) is 0 Å². The molecule has 7 nitrogen and oxygen atoms in total. The number of urea groups is 1. The van der Waals surface area contributed by atoms with Gasteiger partial charge in [-0.1, -0.05) is 18.2 Å². The number of carbonyl (C=O) groups is 2. The van der Waals surface area contributed by atoms with Crippen LogP contribution in [0.15, 0.2) is 53.5 Å². The van der Waals surface area contributed by atoms with Crippen LogP contribution in [0.3, 0.4) is 0 Å². The number of para-hydroxylation sites is 1. The number of nitrogens with zero attached hydrogens (tertiary/aromatic N) is 2. The molecule has 0 spiro atoms. The van der Waals surface area contributed by atoms with Gasteiger partial charge in [-0.3, -0.25) is 9.69 Å². The Morgan fingerprint density at radius 3 is 2.54 bits per heavy atom. The number of primary amides is 1. The number of aromatic carboxylic acids is 1. The highest BCUT2D eigenvalue weighted by Crippen LogP contribution is 2.38. The fourth-order valence-electron chi connectivity index (χ4n) is 3.92. The summed E-state index contributed by atoms with van der Waals surface area (Å²) in [4.78, 5) is 37.9. The molecule has 3 N–H and O–H groups in total. The fraction of sp³-hybridized carbons (Fsp3) is 0.190. The summed E-state index contributed by atoms with van der Waals surface area (Å²) in [5.41, 5.74) is 7.61. The molecule has 0 saturated heterocycles. The molecule has 0 bridgehead atoms. The van der Waals surface area contributed by atoms with E-state index >= 15 is 0 Å². The van der Waals surface area contributed by atoms with Crippen LogP contribution >= 0.6 is 0 Å². The van der Waals surface area contributed by atoms with Gasteiger partial charge in [0.2, 0.25) is 5.43 Å². The Hall–Kier alpha value is -3.61. The summed E-state index contributed by atoms with van der Waals surface area (Å²) in [6.45, 7) is 1.98. The first-order valence-corrected chi connectivity index (χ1v) is 8.98. The molecular formula is C21H19N3O4. The number of hydrogen-bond donors (Lipinski definition) is 2. The zero-order chi connectivity index (χ0) is 20.0. The largest absolute Gasteiger partial charge is 0.477 e. The van der Waals surface area contributed by atoms with E-state index < -0.39 is 17.4 Å². The van der Waals surface area contributed by atoms with E-state index in [2.05, 4.69) is 0 Å². The highest BCUT2D eigenvalue weighted by atomic mass is 16.4. The van der Waals surface area contributed by atoms with Crippen LogP contribution in [-0.2, 0) is 6.42 Å². The van der Waals surface area contributed by atoms with E-state index in [1.165, 1.54) is 11.1 Å². The maximum absolute atomic E-state index is 12.7.